The number of thiophene rings is 1. The van der Waals surface area contributed by atoms with Gasteiger partial charge in [0.1, 0.15) is 5.02 Å². The van der Waals surface area contributed by atoms with Crippen molar-refractivity contribution in [2.24, 2.45) is 10.9 Å². The molecule has 0 aliphatic rings. The molecule has 10 nitrogen and oxygen atoms in total. The van der Waals surface area contributed by atoms with E-state index in [-0.39, 0.29) is 22.8 Å². The van der Waals surface area contributed by atoms with Crippen molar-refractivity contribution in [1.29, 1.82) is 0 Å². The number of oxime groups is 1. The fourth-order valence-corrected chi connectivity index (χ4v) is 3.74. The molecule has 0 atom stereocenters. The van der Waals surface area contributed by atoms with Crippen LogP contribution in [0.2, 0.25) is 5.02 Å². The highest BCUT2D eigenvalue weighted by Crippen LogP contribution is 2.35. The standard InChI is InChI=1S/C19H10ClF3N6O4S/c20-14-15(18(30)33-27-16(24)9-3-5-10(6-4-9)29(31)32)26-28-13(19(21,22)23)8-11(25-17(14)28)12-2-1-7-34-12/h1-8H,(H2,24,27). The first-order valence-electron chi connectivity index (χ1n) is 9.06. The molecule has 0 aliphatic carbocycles. The van der Waals surface area contributed by atoms with Gasteiger partial charge >= 0.3 is 12.1 Å². The quantitative estimate of drug-likeness (QED) is 0.137. The van der Waals surface area contributed by atoms with E-state index in [1.807, 2.05) is 0 Å². The van der Waals surface area contributed by atoms with E-state index in [0.717, 1.165) is 18.2 Å². The number of hydrogen-bond donors (Lipinski definition) is 1. The first-order chi connectivity index (χ1) is 16.1. The molecule has 34 heavy (non-hydrogen) atoms. The summed E-state index contributed by atoms with van der Waals surface area (Å²) in [7, 11) is 0. The third-order valence-electron chi connectivity index (χ3n) is 4.39. The van der Waals surface area contributed by atoms with Gasteiger partial charge in [0.25, 0.3) is 5.69 Å². The molecule has 0 radical (unpaired) electrons. The van der Waals surface area contributed by atoms with E-state index in [1.54, 1.807) is 17.5 Å². The van der Waals surface area contributed by atoms with Crippen molar-refractivity contribution in [2.75, 3.05) is 0 Å². The molecule has 2 N–H and O–H groups in total. The van der Waals surface area contributed by atoms with Crippen molar-refractivity contribution >= 4 is 46.1 Å². The molecule has 3 heterocycles. The normalized spacial score (nSPS) is 12.2. The summed E-state index contributed by atoms with van der Waals surface area (Å²) >= 11 is 7.30. The number of nitro benzene ring substituents is 1. The van der Waals surface area contributed by atoms with Gasteiger partial charge in [0, 0.05) is 17.7 Å². The molecule has 0 spiro atoms. The van der Waals surface area contributed by atoms with E-state index in [0.29, 0.717) is 9.39 Å². The summed E-state index contributed by atoms with van der Waals surface area (Å²) in [5, 5.41) is 18.9. The predicted octanol–water partition coefficient (Wildman–Crippen LogP) is 4.52. The minimum absolute atomic E-state index is 0.00280. The fraction of sp³-hybridized carbons (Fsp3) is 0.0526. The number of fused-ring (bicyclic) bond motifs is 1. The molecule has 4 aromatic rings. The number of carbonyl (C=O) groups excluding carboxylic acids is 1. The molecule has 1 aromatic carbocycles. The Morgan fingerprint density at radius 1 is 1.26 bits per heavy atom. The van der Waals surface area contributed by atoms with E-state index in [4.69, 9.17) is 17.3 Å². The Hall–Kier alpha value is -4.04. The topological polar surface area (TPSA) is 138 Å². The van der Waals surface area contributed by atoms with Gasteiger partial charge in [-0.3, -0.25) is 10.1 Å². The lowest BCUT2D eigenvalue weighted by molar-refractivity contribution is -0.384. The summed E-state index contributed by atoms with van der Waals surface area (Å²) in [6.07, 6.45) is -4.83. The van der Waals surface area contributed by atoms with Gasteiger partial charge in [-0.2, -0.15) is 18.3 Å². The Morgan fingerprint density at radius 3 is 2.56 bits per heavy atom. The summed E-state index contributed by atoms with van der Waals surface area (Å²) in [6, 6.07) is 8.89. The third-order valence-corrected chi connectivity index (χ3v) is 5.63. The zero-order valence-corrected chi connectivity index (χ0v) is 18.1. The zero-order chi connectivity index (χ0) is 24.6. The number of nitrogens with zero attached hydrogens (tertiary/aromatic N) is 5. The number of amidine groups is 1. The van der Waals surface area contributed by atoms with Crippen LogP contribution < -0.4 is 5.73 Å². The van der Waals surface area contributed by atoms with Crippen LogP contribution in [0, 0.1) is 10.1 Å². The number of benzene rings is 1. The predicted molar refractivity (Wildman–Crippen MR) is 116 cm³/mol. The Morgan fingerprint density at radius 2 is 1.97 bits per heavy atom. The number of hydrogen-bond acceptors (Lipinski definition) is 8. The highest BCUT2D eigenvalue weighted by molar-refractivity contribution is 7.13. The van der Waals surface area contributed by atoms with Gasteiger partial charge in [0.2, 0.25) is 0 Å². The Labute approximate surface area is 196 Å². The Bertz CT molecular complexity index is 1440. The van der Waals surface area contributed by atoms with Gasteiger partial charge < -0.3 is 10.6 Å². The van der Waals surface area contributed by atoms with Crippen LogP contribution in [0.5, 0.6) is 0 Å². The molecule has 0 aliphatic heterocycles. The Balaban J connectivity index is 1.69. The second-order valence-electron chi connectivity index (χ2n) is 6.56. The van der Waals surface area contributed by atoms with Crippen LogP contribution in [0.4, 0.5) is 18.9 Å². The van der Waals surface area contributed by atoms with Crippen molar-refractivity contribution in [2.45, 2.75) is 6.18 Å². The van der Waals surface area contributed by atoms with Crippen molar-refractivity contribution in [3.8, 4) is 10.6 Å². The maximum Gasteiger partial charge on any atom is 0.433 e. The summed E-state index contributed by atoms with van der Waals surface area (Å²) in [5.74, 6) is -1.61. The van der Waals surface area contributed by atoms with Gasteiger partial charge in [-0.15, -0.1) is 11.3 Å². The first kappa shape index (κ1) is 23.1. The average Bonchev–Trinajstić information content (AvgIpc) is 3.44. The van der Waals surface area contributed by atoms with Crippen LogP contribution in [-0.2, 0) is 11.0 Å². The largest absolute Gasteiger partial charge is 0.433 e. The number of aromatic nitrogens is 3. The van der Waals surface area contributed by atoms with Crippen LogP contribution in [0.15, 0.2) is 53.0 Å². The maximum atomic E-state index is 13.7. The molecular formula is C19H10ClF3N6O4S. The minimum Gasteiger partial charge on any atom is -0.380 e. The third kappa shape index (κ3) is 4.40. The molecule has 3 aromatic heterocycles. The number of alkyl halides is 3. The average molecular weight is 511 g/mol. The highest BCUT2D eigenvalue weighted by atomic mass is 35.5. The second-order valence-corrected chi connectivity index (χ2v) is 7.88. The summed E-state index contributed by atoms with van der Waals surface area (Å²) in [6.45, 7) is 0. The molecular weight excluding hydrogens is 501 g/mol. The van der Waals surface area contributed by atoms with Gasteiger partial charge in [-0.05, 0) is 29.6 Å². The minimum atomic E-state index is -4.83. The zero-order valence-electron chi connectivity index (χ0n) is 16.5. The first-order valence-corrected chi connectivity index (χ1v) is 10.3. The van der Waals surface area contributed by atoms with E-state index in [2.05, 4.69) is 20.1 Å². The summed E-state index contributed by atoms with van der Waals surface area (Å²) < 4.78 is 41.4. The van der Waals surface area contributed by atoms with E-state index >= 15 is 0 Å². The molecule has 0 saturated carbocycles. The SMILES string of the molecule is N/C(=N\OC(=O)c1nn2c(C(F)(F)F)cc(-c3cccs3)nc2c1Cl)c1ccc([N+](=O)[O-])cc1. The van der Waals surface area contributed by atoms with Gasteiger partial charge in [-0.25, -0.2) is 14.3 Å². The van der Waals surface area contributed by atoms with E-state index in [9.17, 15) is 28.1 Å². The lowest BCUT2D eigenvalue weighted by atomic mass is 10.2. The van der Waals surface area contributed by atoms with Crippen molar-refractivity contribution in [1.82, 2.24) is 14.6 Å². The number of nitrogens with two attached hydrogens (primary N) is 1. The molecule has 0 unspecified atom stereocenters. The number of non-ortho nitro benzene ring substituents is 1. The molecule has 0 amide bonds. The van der Waals surface area contributed by atoms with Crippen molar-refractivity contribution in [3.05, 3.63) is 79.9 Å². The van der Waals surface area contributed by atoms with Gasteiger partial charge in [-0.1, -0.05) is 22.8 Å². The maximum absolute atomic E-state index is 13.7. The van der Waals surface area contributed by atoms with Crippen molar-refractivity contribution in [3.63, 3.8) is 0 Å². The van der Waals surface area contributed by atoms with Gasteiger partial charge in [0.15, 0.2) is 22.9 Å². The number of halogens is 4. The van der Waals surface area contributed by atoms with E-state index < -0.39 is 39.1 Å². The number of rotatable bonds is 5. The molecule has 174 valence electrons. The molecule has 15 heteroatoms. The second kappa shape index (κ2) is 8.72. The smallest absolute Gasteiger partial charge is 0.380 e. The van der Waals surface area contributed by atoms with Crippen LogP contribution >= 0.6 is 22.9 Å². The summed E-state index contributed by atoms with van der Waals surface area (Å²) in [5.41, 5.74) is 3.43. The molecule has 0 bridgehead atoms. The van der Waals surface area contributed by atoms with Gasteiger partial charge in [0.05, 0.1) is 15.5 Å². The van der Waals surface area contributed by atoms with Crippen LogP contribution in [0.25, 0.3) is 16.2 Å². The number of nitro groups is 1. The Kier molecular flexibility index (Phi) is 5.93. The van der Waals surface area contributed by atoms with Crippen LogP contribution in [-0.4, -0.2) is 31.3 Å². The van der Waals surface area contributed by atoms with E-state index in [1.165, 1.54) is 23.5 Å². The highest BCUT2D eigenvalue weighted by Gasteiger charge is 2.37. The van der Waals surface area contributed by atoms with Crippen LogP contribution in [0.1, 0.15) is 21.7 Å². The monoisotopic (exact) mass is 510 g/mol. The van der Waals surface area contributed by atoms with Crippen molar-refractivity contribution < 1.29 is 27.7 Å². The summed E-state index contributed by atoms with van der Waals surface area (Å²) in [4.78, 5) is 31.8. The molecule has 0 fully saturated rings. The number of carbonyl (C=O) groups is 1. The fourth-order valence-electron chi connectivity index (χ4n) is 2.81. The van der Waals surface area contributed by atoms with Crippen LogP contribution in [0.3, 0.4) is 0 Å². The molecule has 0 saturated heterocycles. The molecule has 4 rings (SSSR count). The lowest BCUT2D eigenvalue weighted by Gasteiger charge is -2.10. The lowest BCUT2D eigenvalue weighted by Crippen LogP contribution is -2.16.